The van der Waals surface area contributed by atoms with E-state index in [2.05, 4.69) is 4.72 Å². The van der Waals surface area contributed by atoms with Gasteiger partial charge in [0, 0.05) is 5.69 Å². The SMILES string of the molecule is CCCCOC(=O)c1ccc(NS(=O)(=O)c2ccc3ccccc3c2)cc1. The Morgan fingerprint density at radius 1 is 0.963 bits per heavy atom. The van der Waals surface area contributed by atoms with Crippen LogP contribution in [0.25, 0.3) is 10.8 Å². The van der Waals surface area contributed by atoms with Gasteiger partial charge in [-0.3, -0.25) is 4.72 Å². The maximum atomic E-state index is 12.6. The molecule has 0 aliphatic heterocycles. The summed E-state index contributed by atoms with van der Waals surface area (Å²) in [6.45, 7) is 2.40. The van der Waals surface area contributed by atoms with Gasteiger partial charge >= 0.3 is 5.97 Å². The summed E-state index contributed by atoms with van der Waals surface area (Å²) >= 11 is 0. The van der Waals surface area contributed by atoms with E-state index in [-0.39, 0.29) is 4.90 Å². The van der Waals surface area contributed by atoms with Crippen LogP contribution in [0.2, 0.25) is 0 Å². The molecule has 3 aromatic carbocycles. The fourth-order valence-electron chi connectivity index (χ4n) is 2.62. The lowest BCUT2D eigenvalue weighted by Gasteiger charge is -2.10. The summed E-state index contributed by atoms with van der Waals surface area (Å²) in [6, 6.07) is 18.8. The number of hydrogen-bond donors (Lipinski definition) is 1. The van der Waals surface area contributed by atoms with Crippen LogP contribution < -0.4 is 4.72 Å². The van der Waals surface area contributed by atoms with E-state index in [1.54, 1.807) is 42.5 Å². The van der Waals surface area contributed by atoms with Gasteiger partial charge in [-0.25, -0.2) is 13.2 Å². The van der Waals surface area contributed by atoms with Gasteiger partial charge in [-0.15, -0.1) is 0 Å². The molecule has 3 aromatic rings. The van der Waals surface area contributed by atoms with Crippen LogP contribution in [-0.4, -0.2) is 21.0 Å². The van der Waals surface area contributed by atoms with Crippen LogP contribution in [0, 0.1) is 0 Å². The third kappa shape index (κ3) is 4.65. The molecule has 0 spiro atoms. The Bertz CT molecular complexity index is 1040. The minimum atomic E-state index is -3.72. The number of anilines is 1. The van der Waals surface area contributed by atoms with E-state index in [0.29, 0.717) is 17.9 Å². The van der Waals surface area contributed by atoms with Crippen LogP contribution in [0.15, 0.2) is 71.6 Å². The highest BCUT2D eigenvalue weighted by Crippen LogP contribution is 2.21. The van der Waals surface area contributed by atoms with E-state index >= 15 is 0 Å². The van der Waals surface area contributed by atoms with Crippen molar-refractivity contribution in [2.24, 2.45) is 0 Å². The van der Waals surface area contributed by atoms with Crippen LogP contribution in [0.1, 0.15) is 30.1 Å². The fourth-order valence-corrected chi connectivity index (χ4v) is 3.71. The molecule has 0 saturated heterocycles. The molecule has 0 saturated carbocycles. The number of sulfonamides is 1. The molecule has 6 heteroatoms. The average Bonchev–Trinajstić information content (AvgIpc) is 2.68. The summed E-state index contributed by atoms with van der Waals surface area (Å²) < 4.78 is 33.0. The molecule has 3 rings (SSSR count). The second-order valence-corrected chi connectivity index (χ2v) is 7.86. The van der Waals surface area contributed by atoms with E-state index in [9.17, 15) is 13.2 Å². The fraction of sp³-hybridized carbons (Fsp3) is 0.190. The molecular weight excluding hydrogens is 362 g/mol. The van der Waals surface area contributed by atoms with Crippen molar-refractivity contribution < 1.29 is 17.9 Å². The number of hydrogen-bond acceptors (Lipinski definition) is 4. The van der Waals surface area contributed by atoms with E-state index in [0.717, 1.165) is 23.6 Å². The Kier molecular flexibility index (Phi) is 5.76. The first-order valence-electron chi connectivity index (χ1n) is 8.78. The summed E-state index contributed by atoms with van der Waals surface area (Å²) in [7, 11) is -3.72. The molecule has 0 radical (unpaired) electrons. The summed E-state index contributed by atoms with van der Waals surface area (Å²) in [5.74, 6) is -0.410. The highest BCUT2D eigenvalue weighted by atomic mass is 32.2. The molecule has 0 aromatic heterocycles. The molecule has 27 heavy (non-hydrogen) atoms. The molecule has 0 aliphatic carbocycles. The minimum absolute atomic E-state index is 0.184. The lowest BCUT2D eigenvalue weighted by atomic mass is 10.1. The number of rotatable bonds is 7. The van der Waals surface area contributed by atoms with Crippen LogP contribution in [-0.2, 0) is 14.8 Å². The van der Waals surface area contributed by atoms with Gasteiger partial charge in [0.25, 0.3) is 10.0 Å². The maximum absolute atomic E-state index is 12.6. The van der Waals surface area contributed by atoms with Crippen molar-refractivity contribution in [3.05, 3.63) is 72.3 Å². The number of carbonyl (C=O) groups is 1. The van der Waals surface area contributed by atoms with Gasteiger partial charge in [0.2, 0.25) is 0 Å². The molecule has 0 aliphatic rings. The first kappa shape index (κ1) is 18.9. The lowest BCUT2D eigenvalue weighted by Crippen LogP contribution is -2.13. The van der Waals surface area contributed by atoms with E-state index < -0.39 is 16.0 Å². The Morgan fingerprint density at radius 3 is 2.37 bits per heavy atom. The van der Waals surface area contributed by atoms with Gasteiger partial charge < -0.3 is 4.74 Å². The van der Waals surface area contributed by atoms with Gasteiger partial charge in [0.05, 0.1) is 17.1 Å². The van der Waals surface area contributed by atoms with E-state index in [1.165, 1.54) is 0 Å². The van der Waals surface area contributed by atoms with Crippen molar-refractivity contribution in [3.8, 4) is 0 Å². The number of fused-ring (bicyclic) bond motifs is 1. The number of esters is 1. The predicted octanol–water partition coefficient (Wildman–Crippen LogP) is 4.60. The van der Waals surface area contributed by atoms with Crippen LogP contribution in [0.4, 0.5) is 5.69 Å². The zero-order valence-corrected chi connectivity index (χ0v) is 15.8. The summed E-state index contributed by atoms with van der Waals surface area (Å²) in [5, 5.41) is 1.83. The normalized spacial score (nSPS) is 11.3. The molecule has 0 bridgehead atoms. The Labute approximate surface area is 159 Å². The zero-order chi connectivity index (χ0) is 19.3. The van der Waals surface area contributed by atoms with E-state index in [4.69, 9.17) is 4.74 Å². The largest absolute Gasteiger partial charge is 0.462 e. The van der Waals surface area contributed by atoms with E-state index in [1.807, 2.05) is 31.2 Å². The van der Waals surface area contributed by atoms with Gasteiger partial charge in [-0.1, -0.05) is 43.7 Å². The second-order valence-electron chi connectivity index (χ2n) is 6.18. The smallest absolute Gasteiger partial charge is 0.338 e. The number of ether oxygens (including phenoxy) is 1. The van der Waals surface area contributed by atoms with Gasteiger partial charge in [-0.2, -0.15) is 0 Å². The molecule has 1 N–H and O–H groups in total. The van der Waals surface area contributed by atoms with Crippen molar-refractivity contribution in [1.82, 2.24) is 0 Å². The monoisotopic (exact) mass is 383 g/mol. The zero-order valence-electron chi connectivity index (χ0n) is 15.0. The quantitative estimate of drug-likeness (QED) is 0.478. The summed E-state index contributed by atoms with van der Waals surface area (Å²) in [6.07, 6.45) is 1.76. The molecule has 5 nitrogen and oxygen atoms in total. The molecule has 0 atom stereocenters. The predicted molar refractivity (Wildman–Crippen MR) is 106 cm³/mol. The lowest BCUT2D eigenvalue weighted by molar-refractivity contribution is 0.0500. The third-order valence-corrected chi connectivity index (χ3v) is 5.51. The van der Waals surface area contributed by atoms with Gasteiger partial charge in [-0.05, 0) is 53.6 Å². The molecule has 0 unspecified atom stereocenters. The number of unbranched alkanes of at least 4 members (excludes halogenated alkanes) is 1. The number of nitrogens with one attached hydrogen (secondary N) is 1. The number of benzene rings is 3. The highest BCUT2D eigenvalue weighted by Gasteiger charge is 2.15. The van der Waals surface area contributed by atoms with Crippen LogP contribution in [0.3, 0.4) is 0 Å². The molecule has 0 heterocycles. The van der Waals surface area contributed by atoms with Crippen molar-refractivity contribution >= 4 is 32.5 Å². The second kappa shape index (κ2) is 8.22. The summed E-state index contributed by atoms with van der Waals surface area (Å²) in [5.41, 5.74) is 0.771. The Balaban J connectivity index is 1.74. The standard InChI is InChI=1S/C21H21NO4S/c1-2-3-14-26-21(23)17-8-11-19(12-9-17)22-27(24,25)20-13-10-16-6-4-5-7-18(16)15-20/h4-13,15,22H,2-3,14H2,1H3. The first-order valence-corrected chi connectivity index (χ1v) is 10.3. The van der Waals surface area contributed by atoms with Crippen molar-refractivity contribution in [3.63, 3.8) is 0 Å². The maximum Gasteiger partial charge on any atom is 0.338 e. The van der Waals surface area contributed by atoms with Crippen LogP contribution in [0.5, 0.6) is 0 Å². The minimum Gasteiger partial charge on any atom is -0.462 e. The number of carbonyl (C=O) groups excluding carboxylic acids is 1. The molecular formula is C21H21NO4S. The van der Waals surface area contributed by atoms with Gasteiger partial charge in [0.1, 0.15) is 0 Å². The highest BCUT2D eigenvalue weighted by molar-refractivity contribution is 7.92. The molecule has 0 amide bonds. The summed E-state index contributed by atoms with van der Waals surface area (Å²) in [4.78, 5) is 12.1. The van der Waals surface area contributed by atoms with Gasteiger partial charge in [0.15, 0.2) is 0 Å². The van der Waals surface area contributed by atoms with Crippen LogP contribution >= 0.6 is 0 Å². The first-order chi connectivity index (χ1) is 13.0. The average molecular weight is 383 g/mol. The molecule has 140 valence electrons. The van der Waals surface area contributed by atoms with Crippen molar-refractivity contribution in [2.75, 3.05) is 11.3 Å². The van der Waals surface area contributed by atoms with Crippen molar-refractivity contribution in [1.29, 1.82) is 0 Å². The van der Waals surface area contributed by atoms with Crippen molar-refractivity contribution in [2.45, 2.75) is 24.7 Å². The molecule has 0 fully saturated rings. The Morgan fingerprint density at radius 2 is 1.67 bits per heavy atom. The Hall–Kier alpha value is -2.86. The topological polar surface area (TPSA) is 72.5 Å². The third-order valence-electron chi connectivity index (χ3n) is 4.14.